The number of carbonyl (C=O) groups is 1. The fourth-order valence-electron chi connectivity index (χ4n) is 2.02. The fraction of sp³-hybridized carbons (Fsp3) is 0.462. The highest BCUT2D eigenvalue weighted by molar-refractivity contribution is 6.33. The van der Waals surface area contributed by atoms with Crippen molar-refractivity contribution in [3.8, 4) is 0 Å². The van der Waals surface area contributed by atoms with Crippen molar-refractivity contribution in [1.82, 2.24) is 4.90 Å². The Balaban J connectivity index is 1.90. The number of hydrogen-bond acceptors (Lipinski definition) is 3. The molecule has 1 heterocycles. The first-order chi connectivity index (χ1) is 9.04. The number of halogens is 2. The SMILES string of the molecule is CC1CN(CC(=O)Nc2ccc(F)cc2Cl)CCO1. The Labute approximate surface area is 116 Å². The van der Waals surface area contributed by atoms with Crippen LogP contribution in [0.1, 0.15) is 6.92 Å². The van der Waals surface area contributed by atoms with E-state index in [2.05, 4.69) is 5.32 Å². The van der Waals surface area contributed by atoms with E-state index in [9.17, 15) is 9.18 Å². The second-order valence-corrected chi connectivity index (χ2v) is 5.00. The summed E-state index contributed by atoms with van der Waals surface area (Å²) >= 11 is 5.85. The molecule has 1 unspecified atom stereocenters. The van der Waals surface area contributed by atoms with E-state index in [1.807, 2.05) is 11.8 Å². The molecule has 1 aliphatic heterocycles. The number of amides is 1. The third-order valence-corrected chi connectivity index (χ3v) is 3.21. The Morgan fingerprint density at radius 1 is 1.63 bits per heavy atom. The van der Waals surface area contributed by atoms with E-state index in [4.69, 9.17) is 16.3 Å². The molecule has 1 atom stereocenters. The van der Waals surface area contributed by atoms with Crippen LogP contribution < -0.4 is 5.32 Å². The summed E-state index contributed by atoms with van der Waals surface area (Å²) < 4.78 is 18.3. The molecule has 1 fully saturated rings. The van der Waals surface area contributed by atoms with Crippen LogP contribution in [0.25, 0.3) is 0 Å². The third kappa shape index (κ3) is 4.16. The maximum absolute atomic E-state index is 12.9. The molecule has 1 saturated heterocycles. The molecule has 0 bridgehead atoms. The number of anilines is 1. The van der Waals surface area contributed by atoms with Gasteiger partial charge in [0.2, 0.25) is 5.91 Å². The van der Waals surface area contributed by atoms with E-state index in [1.54, 1.807) is 0 Å². The zero-order chi connectivity index (χ0) is 13.8. The number of hydrogen-bond donors (Lipinski definition) is 1. The summed E-state index contributed by atoms with van der Waals surface area (Å²) in [7, 11) is 0. The molecule has 1 aliphatic rings. The Hall–Kier alpha value is -1.17. The van der Waals surface area contributed by atoms with Crippen molar-refractivity contribution in [1.29, 1.82) is 0 Å². The molecule has 0 spiro atoms. The zero-order valence-electron chi connectivity index (χ0n) is 10.7. The van der Waals surface area contributed by atoms with Crippen molar-refractivity contribution in [2.45, 2.75) is 13.0 Å². The van der Waals surface area contributed by atoms with Gasteiger partial charge in [0.05, 0.1) is 30.0 Å². The smallest absolute Gasteiger partial charge is 0.238 e. The van der Waals surface area contributed by atoms with Gasteiger partial charge in [-0.25, -0.2) is 4.39 Å². The van der Waals surface area contributed by atoms with E-state index in [-0.39, 0.29) is 23.6 Å². The Morgan fingerprint density at radius 3 is 3.11 bits per heavy atom. The topological polar surface area (TPSA) is 41.6 Å². The van der Waals surface area contributed by atoms with Crippen LogP contribution in [0.2, 0.25) is 5.02 Å². The molecule has 104 valence electrons. The van der Waals surface area contributed by atoms with E-state index >= 15 is 0 Å². The van der Waals surface area contributed by atoms with Crippen LogP contribution in [-0.4, -0.2) is 43.2 Å². The van der Waals surface area contributed by atoms with Crippen LogP contribution in [0.5, 0.6) is 0 Å². The molecule has 6 heteroatoms. The highest BCUT2D eigenvalue weighted by atomic mass is 35.5. The first-order valence-electron chi connectivity index (χ1n) is 6.13. The molecule has 1 aromatic carbocycles. The first-order valence-corrected chi connectivity index (χ1v) is 6.51. The highest BCUT2D eigenvalue weighted by Gasteiger charge is 2.19. The maximum atomic E-state index is 12.9. The van der Waals surface area contributed by atoms with E-state index < -0.39 is 5.82 Å². The van der Waals surface area contributed by atoms with Crippen LogP contribution >= 0.6 is 11.6 Å². The summed E-state index contributed by atoms with van der Waals surface area (Å²) in [6, 6.07) is 3.89. The maximum Gasteiger partial charge on any atom is 0.238 e. The zero-order valence-corrected chi connectivity index (χ0v) is 11.4. The summed E-state index contributed by atoms with van der Waals surface area (Å²) in [5.74, 6) is -0.590. The molecule has 1 amide bonds. The lowest BCUT2D eigenvalue weighted by atomic mass is 10.3. The summed E-state index contributed by atoms with van der Waals surface area (Å²) in [6.45, 7) is 4.34. The fourth-order valence-corrected chi connectivity index (χ4v) is 2.23. The Kier molecular flexibility index (Phi) is 4.74. The number of nitrogens with zero attached hydrogens (tertiary/aromatic N) is 1. The molecular weight excluding hydrogens is 271 g/mol. The predicted molar refractivity (Wildman–Crippen MR) is 71.9 cm³/mol. The van der Waals surface area contributed by atoms with Crippen LogP contribution in [0.15, 0.2) is 18.2 Å². The molecule has 0 aliphatic carbocycles. The van der Waals surface area contributed by atoms with Gasteiger partial charge in [0, 0.05) is 13.1 Å². The monoisotopic (exact) mass is 286 g/mol. The lowest BCUT2D eigenvalue weighted by Crippen LogP contribution is -2.44. The summed E-state index contributed by atoms with van der Waals surface area (Å²) in [5.41, 5.74) is 0.425. The van der Waals surface area contributed by atoms with Gasteiger partial charge >= 0.3 is 0 Å². The average molecular weight is 287 g/mol. The second kappa shape index (κ2) is 6.32. The first kappa shape index (κ1) is 14.2. The van der Waals surface area contributed by atoms with Gasteiger partial charge in [-0.05, 0) is 25.1 Å². The van der Waals surface area contributed by atoms with Crippen molar-refractivity contribution >= 4 is 23.2 Å². The molecular formula is C13H16ClFN2O2. The third-order valence-electron chi connectivity index (χ3n) is 2.90. The van der Waals surface area contributed by atoms with Crippen molar-refractivity contribution in [2.75, 3.05) is 31.6 Å². The predicted octanol–water partition coefficient (Wildman–Crippen LogP) is 2.14. The van der Waals surface area contributed by atoms with Gasteiger partial charge in [-0.15, -0.1) is 0 Å². The van der Waals surface area contributed by atoms with Gasteiger partial charge < -0.3 is 10.1 Å². The van der Waals surface area contributed by atoms with Crippen LogP contribution in [0.4, 0.5) is 10.1 Å². The molecule has 19 heavy (non-hydrogen) atoms. The van der Waals surface area contributed by atoms with E-state index in [0.717, 1.165) is 13.1 Å². The molecule has 1 aromatic rings. The van der Waals surface area contributed by atoms with Gasteiger partial charge in [0.15, 0.2) is 0 Å². The Morgan fingerprint density at radius 2 is 2.42 bits per heavy atom. The van der Waals surface area contributed by atoms with Crippen LogP contribution in [0.3, 0.4) is 0 Å². The summed E-state index contributed by atoms with van der Waals surface area (Å²) in [6.07, 6.45) is 0.135. The normalized spacial score (nSPS) is 20.3. The number of morpholine rings is 1. The second-order valence-electron chi connectivity index (χ2n) is 4.59. The van der Waals surface area contributed by atoms with Gasteiger partial charge in [0.1, 0.15) is 5.82 Å². The van der Waals surface area contributed by atoms with Crippen molar-refractivity contribution in [2.24, 2.45) is 0 Å². The molecule has 2 rings (SSSR count). The van der Waals surface area contributed by atoms with Crippen LogP contribution in [0, 0.1) is 5.82 Å². The van der Waals surface area contributed by atoms with Crippen molar-refractivity contribution in [3.63, 3.8) is 0 Å². The number of nitrogens with one attached hydrogen (secondary N) is 1. The molecule has 0 radical (unpaired) electrons. The number of benzene rings is 1. The number of carbonyl (C=O) groups excluding carboxylic acids is 1. The van der Waals surface area contributed by atoms with Crippen molar-refractivity contribution < 1.29 is 13.9 Å². The number of rotatable bonds is 3. The highest BCUT2D eigenvalue weighted by Crippen LogP contribution is 2.22. The molecule has 4 nitrogen and oxygen atoms in total. The summed E-state index contributed by atoms with van der Waals surface area (Å²) in [4.78, 5) is 13.9. The van der Waals surface area contributed by atoms with Crippen molar-refractivity contribution in [3.05, 3.63) is 29.0 Å². The minimum Gasteiger partial charge on any atom is -0.376 e. The van der Waals surface area contributed by atoms with Gasteiger partial charge in [-0.3, -0.25) is 9.69 Å². The molecule has 1 N–H and O–H groups in total. The van der Waals surface area contributed by atoms with Gasteiger partial charge in [-0.2, -0.15) is 0 Å². The van der Waals surface area contributed by atoms with E-state index in [0.29, 0.717) is 12.3 Å². The number of ether oxygens (including phenoxy) is 1. The largest absolute Gasteiger partial charge is 0.376 e. The van der Waals surface area contributed by atoms with Crippen LogP contribution in [-0.2, 0) is 9.53 Å². The summed E-state index contributed by atoms with van der Waals surface area (Å²) in [5, 5.41) is 2.88. The quantitative estimate of drug-likeness (QED) is 0.926. The van der Waals surface area contributed by atoms with Gasteiger partial charge in [0.25, 0.3) is 0 Å². The van der Waals surface area contributed by atoms with E-state index in [1.165, 1.54) is 18.2 Å². The average Bonchev–Trinajstić information content (AvgIpc) is 2.33. The molecule has 0 saturated carbocycles. The minimum absolute atomic E-state index is 0.135. The van der Waals surface area contributed by atoms with Gasteiger partial charge in [-0.1, -0.05) is 11.6 Å². The standard InChI is InChI=1S/C13H16ClFN2O2/c1-9-7-17(4-5-19-9)8-13(18)16-12-3-2-10(15)6-11(12)14/h2-3,6,9H,4-5,7-8H2,1H3,(H,16,18). The lowest BCUT2D eigenvalue weighted by Gasteiger charge is -2.30. The Bertz CT molecular complexity index is 470. The minimum atomic E-state index is -0.426. The lowest BCUT2D eigenvalue weighted by molar-refractivity contribution is -0.119. The molecule has 0 aromatic heterocycles.